The van der Waals surface area contributed by atoms with E-state index < -0.39 is 5.97 Å². The van der Waals surface area contributed by atoms with Crippen LogP contribution in [-0.4, -0.2) is 30.0 Å². The van der Waals surface area contributed by atoms with Crippen LogP contribution in [0.2, 0.25) is 15.1 Å². The smallest absolute Gasteiger partial charge is 0.345 e. The number of hydrogen-bond donors (Lipinski definition) is 0. The van der Waals surface area contributed by atoms with Crippen LogP contribution in [0.15, 0.2) is 24.4 Å². The number of carbonyl (C=O) groups excluding carboxylic acids is 2. The van der Waals surface area contributed by atoms with E-state index in [-0.39, 0.29) is 27.3 Å². The molecule has 9 heteroatoms. The minimum Gasteiger partial charge on any atom is -0.490 e. The van der Waals surface area contributed by atoms with Crippen LogP contribution in [0.1, 0.15) is 23.7 Å². The van der Waals surface area contributed by atoms with Crippen molar-refractivity contribution in [3.05, 3.63) is 45.0 Å². The minimum absolute atomic E-state index is 0.00366. The van der Waals surface area contributed by atoms with Crippen LogP contribution < -0.4 is 14.4 Å². The number of amides is 1. The zero-order chi connectivity index (χ0) is 18.8. The van der Waals surface area contributed by atoms with E-state index in [0.717, 1.165) is 0 Å². The van der Waals surface area contributed by atoms with E-state index in [1.165, 1.54) is 36.2 Å². The Morgan fingerprint density at radius 1 is 1.19 bits per heavy atom. The monoisotopic (exact) mass is 414 g/mol. The molecule has 0 radical (unpaired) electrons. The van der Waals surface area contributed by atoms with Crippen molar-refractivity contribution in [2.24, 2.45) is 0 Å². The predicted octanol–water partition coefficient (Wildman–Crippen LogP) is 4.40. The summed E-state index contributed by atoms with van der Waals surface area (Å²) in [6.07, 6.45) is 1.97. The zero-order valence-corrected chi connectivity index (χ0v) is 15.9. The summed E-state index contributed by atoms with van der Waals surface area (Å²) in [5.74, 6) is -0.161. The molecule has 1 aliphatic rings. The Hall–Kier alpha value is -2.02. The van der Waals surface area contributed by atoms with Crippen LogP contribution in [0, 0.1) is 0 Å². The van der Waals surface area contributed by atoms with Gasteiger partial charge in [0.2, 0.25) is 5.91 Å². The average Bonchev–Trinajstić information content (AvgIpc) is 2.79. The molecule has 3 rings (SSSR count). The highest BCUT2D eigenvalue weighted by Gasteiger charge is 2.24. The Bertz CT molecular complexity index is 865. The summed E-state index contributed by atoms with van der Waals surface area (Å²) in [6.45, 7) is 2.35. The standard InChI is InChI=1S/C17H13Cl3N2O4/c1-9(23)22-3-2-4-25-14-5-10(8-21-16(14)22)17(24)26-15-12(19)6-11(18)7-13(15)20/h5-8H,2-4H2,1H3. The number of pyridine rings is 1. The third-order valence-corrected chi connectivity index (χ3v) is 4.43. The molecule has 26 heavy (non-hydrogen) atoms. The van der Waals surface area contributed by atoms with Crippen molar-refractivity contribution in [2.75, 3.05) is 18.1 Å². The second-order valence-corrected chi connectivity index (χ2v) is 6.76. The SMILES string of the molecule is CC(=O)N1CCCOc2cc(C(=O)Oc3c(Cl)cc(Cl)cc3Cl)cnc21. The molecule has 1 aliphatic heterocycles. The molecule has 0 saturated heterocycles. The van der Waals surface area contributed by atoms with Gasteiger partial charge >= 0.3 is 5.97 Å². The molecule has 2 aromatic rings. The number of benzene rings is 1. The van der Waals surface area contributed by atoms with Crippen molar-refractivity contribution in [3.63, 3.8) is 0 Å². The molecule has 6 nitrogen and oxygen atoms in total. The van der Waals surface area contributed by atoms with Gasteiger partial charge in [0.05, 0.1) is 22.2 Å². The predicted molar refractivity (Wildman–Crippen MR) is 98.8 cm³/mol. The van der Waals surface area contributed by atoms with Crippen LogP contribution in [0.25, 0.3) is 0 Å². The Morgan fingerprint density at radius 3 is 2.54 bits per heavy atom. The Kier molecular flexibility index (Phi) is 5.55. The molecule has 0 aliphatic carbocycles. The number of hydrogen-bond acceptors (Lipinski definition) is 5. The van der Waals surface area contributed by atoms with Gasteiger partial charge in [0, 0.05) is 30.8 Å². The van der Waals surface area contributed by atoms with Crippen LogP contribution in [0.5, 0.6) is 11.5 Å². The molecule has 2 heterocycles. The highest BCUT2D eigenvalue weighted by Crippen LogP contribution is 2.37. The first-order chi connectivity index (χ1) is 12.4. The van der Waals surface area contributed by atoms with E-state index in [1.54, 1.807) is 0 Å². The topological polar surface area (TPSA) is 68.7 Å². The van der Waals surface area contributed by atoms with Crippen molar-refractivity contribution in [1.29, 1.82) is 0 Å². The van der Waals surface area contributed by atoms with Crippen molar-refractivity contribution in [2.45, 2.75) is 13.3 Å². The summed E-state index contributed by atoms with van der Waals surface area (Å²) in [5.41, 5.74) is 0.135. The Morgan fingerprint density at radius 2 is 1.88 bits per heavy atom. The number of aromatic nitrogens is 1. The van der Waals surface area contributed by atoms with Crippen LogP contribution in [-0.2, 0) is 4.79 Å². The van der Waals surface area contributed by atoms with E-state index in [4.69, 9.17) is 44.3 Å². The second-order valence-electron chi connectivity index (χ2n) is 5.51. The molecule has 0 atom stereocenters. The molecule has 0 unspecified atom stereocenters. The number of rotatable bonds is 2. The highest BCUT2D eigenvalue weighted by molar-refractivity contribution is 6.40. The third-order valence-electron chi connectivity index (χ3n) is 3.65. The minimum atomic E-state index is -0.714. The van der Waals surface area contributed by atoms with Crippen LogP contribution in [0.3, 0.4) is 0 Å². The van der Waals surface area contributed by atoms with E-state index in [0.29, 0.717) is 36.2 Å². The third kappa shape index (κ3) is 3.87. The number of anilines is 1. The molecule has 1 aromatic carbocycles. The lowest BCUT2D eigenvalue weighted by Gasteiger charge is -2.18. The number of halogens is 3. The summed E-state index contributed by atoms with van der Waals surface area (Å²) < 4.78 is 10.9. The van der Waals surface area contributed by atoms with Crippen molar-refractivity contribution < 1.29 is 19.1 Å². The Balaban J connectivity index is 1.90. The lowest BCUT2D eigenvalue weighted by molar-refractivity contribution is -0.116. The number of carbonyl (C=O) groups is 2. The van der Waals surface area contributed by atoms with Gasteiger partial charge in [0.15, 0.2) is 17.3 Å². The van der Waals surface area contributed by atoms with Crippen LogP contribution in [0.4, 0.5) is 5.82 Å². The number of ether oxygens (including phenoxy) is 2. The Labute approximate surface area is 164 Å². The van der Waals surface area contributed by atoms with Gasteiger partial charge in [0.1, 0.15) is 0 Å². The molecular formula is C17H13Cl3N2O4. The molecule has 0 spiro atoms. The number of nitrogens with zero attached hydrogens (tertiary/aromatic N) is 2. The highest BCUT2D eigenvalue weighted by atomic mass is 35.5. The second kappa shape index (κ2) is 7.70. The molecule has 1 aromatic heterocycles. The fourth-order valence-electron chi connectivity index (χ4n) is 2.45. The fraction of sp³-hybridized carbons (Fsp3) is 0.235. The first-order valence-electron chi connectivity index (χ1n) is 7.64. The summed E-state index contributed by atoms with van der Waals surface area (Å²) in [5, 5.41) is 0.541. The largest absolute Gasteiger partial charge is 0.490 e. The summed E-state index contributed by atoms with van der Waals surface area (Å²) in [6, 6.07) is 4.31. The summed E-state index contributed by atoms with van der Waals surface area (Å²) in [4.78, 5) is 29.9. The van der Waals surface area contributed by atoms with E-state index in [2.05, 4.69) is 4.98 Å². The van der Waals surface area contributed by atoms with Crippen molar-refractivity contribution >= 4 is 52.5 Å². The van der Waals surface area contributed by atoms with Crippen molar-refractivity contribution in [3.8, 4) is 11.5 Å². The van der Waals surface area contributed by atoms with Gasteiger partial charge in [-0.2, -0.15) is 0 Å². The maximum Gasteiger partial charge on any atom is 0.345 e. The van der Waals surface area contributed by atoms with E-state index in [1.807, 2.05) is 0 Å². The lowest BCUT2D eigenvalue weighted by atomic mass is 10.2. The van der Waals surface area contributed by atoms with Gasteiger partial charge in [-0.3, -0.25) is 9.69 Å². The van der Waals surface area contributed by atoms with Gasteiger partial charge < -0.3 is 9.47 Å². The maximum atomic E-state index is 12.4. The first-order valence-corrected chi connectivity index (χ1v) is 8.78. The van der Waals surface area contributed by atoms with Gasteiger partial charge in [-0.15, -0.1) is 0 Å². The van der Waals surface area contributed by atoms with Crippen LogP contribution >= 0.6 is 34.8 Å². The summed E-state index contributed by atoms with van der Waals surface area (Å²) >= 11 is 17.9. The zero-order valence-electron chi connectivity index (χ0n) is 13.6. The molecule has 0 N–H and O–H groups in total. The molecule has 0 saturated carbocycles. The number of fused-ring (bicyclic) bond motifs is 1. The van der Waals surface area contributed by atoms with E-state index >= 15 is 0 Å². The molecule has 1 amide bonds. The lowest BCUT2D eigenvalue weighted by Crippen LogP contribution is -2.29. The molecular weight excluding hydrogens is 403 g/mol. The fourth-order valence-corrected chi connectivity index (χ4v) is 3.35. The van der Waals surface area contributed by atoms with Crippen molar-refractivity contribution in [1.82, 2.24) is 4.98 Å². The maximum absolute atomic E-state index is 12.4. The van der Waals surface area contributed by atoms with Gasteiger partial charge in [0.25, 0.3) is 0 Å². The van der Waals surface area contributed by atoms with Gasteiger partial charge in [-0.05, 0) is 18.6 Å². The number of esters is 1. The average molecular weight is 416 g/mol. The normalized spacial score (nSPS) is 13.5. The molecule has 136 valence electrons. The van der Waals surface area contributed by atoms with Gasteiger partial charge in [-0.1, -0.05) is 34.8 Å². The molecule has 0 fully saturated rings. The molecule has 0 bridgehead atoms. The summed E-state index contributed by atoms with van der Waals surface area (Å²) in [7, 11) is 0. The quantitative estimate of drug-likeness (QED) is 0.537. The first kappa shape index (κ1) is 18.8. The van der Waals surface area contributed by atoms with Gasteiger partial charge in [-0.25, -0.2) is 9.78 Å². The van der Waals surface area contributed by atoms with E-state index in [9.17, 15) is 9.59 Å².